The Morgan fingerprint density at radius 3 is 2.83 bits per heavy atom. The standard InChI is InChI=1S/C15H24N2O/c1-11(2)17-10-12(7-8-16-3)14-9-13(18-4)5-6-15(14)17/h5-6,9,11-12,16H,7-8,10H2,1-4H3. The topological polar surface area (TPSA) is 24.5 Å². The minimum Gasteiger partial charge on any atom is -0.497 e. The van der Waals surface area contributed by atoms with Crippen molar-refractivity contribution in [3.05, 3.63) is 23.8 Å². The summed E-state index contributed by atoms with van der Waals surface area (Å²) in [5.74, 6) is 1.58. The first-order chi connectivity index (χ1) is 8.67. The van der Waals surface area contributed by atoms with E-state index >= 15 is 0 Å². The Bertz CT molecular complexity index is 403. The Kier molecular flexibility index (Phi) is 4.12. The lowest BCUT2D eigenvalue weighted by Crippen LogP contribution is -2.29. The van der Waals surface area contributed by atoms with Gasteiger partial charge in [-0.05, 0) is 57.6 Å². The molecule has 3 heteroatoms. The van der Waals surface area contributed by atoms with E-state index in [1.165, 1.54) is 17.7 Å². The van der Waals surface area contributed by atoms with Gasteiger partial charge in [-0.3, -0.25) is 0 Å². The molecular weight excluding hydrogens is 224 g/mol. The molecule has 1 aromatic rings. The summed E-state index contributed by atoms with van der Waals surface area (Å²) in [7, 11) is 3.75. The number of hydrogen-bond donors (Lipinski definition) is 1. The van der Waals surface area contributed by atoms with Crippen molar-refractivity contribution in [2.45, 2.75) is 32.2 Å². The van der Waals surface area contributed by atoms with Gasteiger partial charge in [0.05, 0.1) is 7.11 Å². The molecule has 1 aliphatic rings. The van der Waals surface area contributed by atoms with Crippen molar-refractivity contribution in [2.24, 2.45) is 0 Å². The molecule has 18 heavy (non-hydrogen) atoms. The van der Waals surface area contributed by atoms with Crippen LogP contribution in [0, 0.1) is 0 Å². The summed E-state index contributed by atoms with van der Waals surface area (Å²) in [5, 5.41) is 3.25. The summed E-state index contributed by atoms with van der Waals surface area (Å²) in [4.78, 5) is 2.50. The quantitative estimate of drug-likeness (QED) is 0.867. The Morgan fingerprint density at radius 1 is 1.44 bits per heavy atom. The molecule has 0 amide bonds. The molecule has 2 rings (SSSR count). The van der Waals surface area contributed by atoms with E-state index in [1.807, 2.05) is 7.05 Å². The van der Waals surface area contributed by atoms with Crippen LogP contribution < -0.4 is 15.0 Å². The second kappa shape index (κ2) is 5.61. The molecule has 0 spiro atoms. The van der Waals surface area contributed by atoms with Crippen LogP contribution in [0.3, 0.4) is 0 Å². The van der Waals surface area contributed by atoms with Gasteiger partial charge in [-0.25, -0.2) is 0 Å². The number of ether oxygens (including phenoxy) is 1. The second-order valence-corrected chi connectivity index (χ2v) is 5.26. The highest BCUT2D eigenvalue weighted by molar-refractivity contribution is 5.62. The van der Waals surface area contributed by atoms with Gasteiger partial charge in [0.15, 0.2) is 0 Å². The predicted molar refractivity (Wildman–Crippen MR) is 76.8 cm³/mol. The fraction of sp³-hybridized carbons (Fsp3) is 0.600. The summed E-state index contributed by atoms with van der Waals surface area (Å²) < 4.78 is 5.35. The van der Waals surface area contributed by atoms with Crippen LogP contribution in [0.2, 0.25) is 0 Å². The lowest BCUT2D eigenvalue weighted by molar-refractivity contribution is 0.414. The third-order valence-corrected chi connectivity index (χ3v) is 3.77. The first-order valence-electron chi connectivity index (χ1n) is 6.76. The lowest BCUT2D eigenvalue weighted by atomic mass is 9.98. The fourth-order valence-corrected chi connectivity index (χ4v) is 2.74. The van der Waals surface area contributed by atoms with E-state index in [0.29, 0.717) is 12.0 Å². The number of fused-ring (bicyclic) bond motifs is 1. The second-order valence-electron chi connectivity index (χ2n) is 5.26. The molecule has 0 saturated heterocycles. The van der Waals surface area contributed by atoms with E-state index in [2.05, 4.69) is 42.3 Å². The van der Waals surface area contributed by atoms with Crippen LogP contribution in [0.25, 0.3) is 0 Å². The van der Waals surface area contributed by atoms with Crippen LogP contribution in [0.4, 0.5) is 5.69 Å². The zero-order chi connectivity index (χ0) is 13.1. The zero-order valence-corrected chi connectivity index (χ0v) is 11.9. The summed E-state index contributed by atoms with van der Waals surface area (Å²) in [6, 6.07) is 7.02. The molecule has 1 aromatic carbocycles. The minimum atomic E-state index is 0.553. The highest BCUT2D eigenvalue weighted by atomic mass is 16.5. The van der Waals surface area contributed by atoms with Crippen LogP contribution in [0.15, 0.2) is 18.2 Å². The largest absolute Gasteiger partial charge is 0.497 e. The number of methoxy groups -OCH3 is 1. The maximum Gasteiger partial charge on any atom is 0.119 e. The first kappa shape index (κ1) is 13.2. The molecule has 0 aliphatic carbocycles. The number of hydrogen-bond acceptors (Lipinski definition) is 3. The van der Waals surface area contributed by atoms with Crippen LogP contribution in [-0.4, -0.2) is 33.3 Å². The lowest BCUT2D eigenvalue weighted by Gasteiger charge is -2.24. The Hall–Kier alpha value is -1.22. The van der Waals surface area contributed by atoms with E-state index in [9.17, 15) is 0 Å². The summed E-state index contributed by atoms with van der Waals surface area (Å²) >= 11 is 0. The summed E-state index contributed by atoms with van der Waals surface area (Å²) in [6.45, 7) is 6.71. The number of rotatable bonds is 5. The van der Waals surface area contributed by atoms with Gasteiger partial charge in [0.1, 0.15) is 5.75 Å². The highest BCUT2D eigenvalue weighted by Crippen LogP contribution is 2.40. The molecule has 1 unspecified atom stereocenters. The van der Waals surface area contributed by atoms with Crippen molar-refractivity contribution in [2.75, 3.05) is 32.1 Å². The van der Waals surface area contributed by atoms with Gasteiger partial charge < -0.3 is 15.0 Å². The van der Waals surface area contributed by atoms with Gasteiger partial charge in [-0.15, -0.1) is 0 Å². The fourth-order valence-electron chi connectivity index (χ4n) is 2.74. The third-order valence-electron chi connectivity index (χ3n) is 3.77. The van der Waals surface area contributed by atoms with E-state index in [4.69, 9.17) is 4.74 Å². The van der Waals surface area contributed by atoms with Crippen LogP contribution in [-0.2, 0) is 0 Å². The number of benzene rings is 1. The van der Waals surface area contributed by atoms with Crippen molar-refractivity contribution in [3.63, 3.8) is 0 Å². The average molecular weight is 248 g/mol. The predicted octanol–water partition coefficient (Wildman–Crippen LogP) is 2.62. The van der Waals surface area contributed by atoms with Crippen LogP contribution in [0.1, 0.15) is 31.7 Å². The van der Waals surface area contributed by atoms with E-state index < -0.39 is 0 Å². The number of nitrogens with zero attached hydrogens (tertiary/aromatic N) is 1. The number of anilines is 1. The molecule has 0 aromatic heterocycles. The van der Waals surface area contributed by atoms with Gasteiger partial charge in [-0.1, -0.05) is 0 Å². The molecule has 1 atom stereocenters. The monoisotopic (exact) mass is 248 g/mol. The Labute approximate surface area is 110 Å². The maximum atomic E-state index is 5.35. The Morgan fingerprint density at radius 2 is 2.22 bits per heavy atom. The molecule has 100 valence electrons. The summed E-state index contributed by atoms with van der Waals surface area (Å²) in [5.41, 5.74) is 2.82. The van der Waals surface area contributed by atoms with Crippen molar-refractivity contribution in [1.82, 2.24) is 5.32 Å². The normalized spacial score (nSPS) is 18.3. The van der Waals surface area contributed by atoms with Crippen molar-refractivity contribution in [1.29, 1.82) is 0 Å². The van der Waals surface area contributed by atoms with Gasteiger partial charge in [0.25, 0.3) is 0 Å². The molecule has 3 nitrogen and oxygen atoms in total. The van der Waals surface area contributed by atoms with Crippen molar-refractivity contribution >= 4 is 5.69 Å². The van der Waals surface area contributed by atoms with Gasteiger partial charge in [0, 0.05) is 24.2 Å². The van der Waals surface area contributed by atoms with Gasteiger partial charge >= 0.3 is 0 Å². The first-order valence-corrected chi connectivity index (χ1v) is 6.76. The maximum absolute atomic E-state index is 5.35. The zero-order valence-electron chi connectivity index (χ0n) is 11.9. The molecule has 1 N–H and O–H groups in total. The molecule has 0 radical (unpaired) electrons. The average Bonchev–Trinajstić information content (AvgIpc) is 2.74. The Balaban J connectivity index is 2.29. The van der Waals surface area contributed by atoms with E-state index in [-0.39, 0.29) is 0 Å². The smallest absolute Gasteiger partial charge is 0.119 e. The molecule has 1 aliphatic heterocycles. The van der Waals surface area contributed by atoms with Crippen LogP contribution in [0.5, 0.6) is 5.75 Å². The number of nitrogens with one attached hydrogen (secondary N) is 1. The third kappa shape index (κ3) is 2.46. The molecule has 1 heterocycles. The highest BCUT2D eigenvalue weighted by Gasteiger charge is 2.29. The molecule has 0 saturated carbocycles. The van der Waals surface area contributed by atoms with Gasteiger partial charge in [-0.2, -0.15) is 0 Å². The van der Waals surface area contributed by atoms with Gasteiger partial charge in [0.2, 0.25) is 0 Å². The molecular formula is C15H24N2O. The molecule has 0 bridgehead atoms. The SMILES string of the molecule is CNCCC1CN(C(C)C)c2ccc(OC)cc21. The van der Waals surface area contributed by atoms with E-state index in [0.717, 1.165) is 18.8 Å². The minimum absolute atomic E-state index is 0.553. The van der Waals surface area contributed by atoms with Crippen molar-refractivity contribution < 1.29 is 4.74 Å². The van der Waals surface area contributed by atoms with E-state index in [1.54, 1.807) is 7.11 Å². The summed E-state index contributed by atoms with van der Waals surface area (Å²) in [6.07, 6.45) is 1.18. The molecule has 0 fully saturated rings. The van der Waals surface area contributed by atoms with Crippen molar-refractivity contribution in [3.8, 4) is 5.75 Å². The van der Waals surface area contributed by atoms with Crippen LogP contribution >= 0.6 is 0 Å².